The minimum atomic E-state index is -1.73. The van der Waals surface area contributed by atoms with Gasteiger partial charge >= 0.3 is 5.97 Å². The molecule has 8 atom stereocenters. The van der Waals surface area contributed by atoms with E-state index in [0.29, 0.717) is 24.2 Å². The number of hydrogen-bond donors (Lipinski definition) is 4. The van der Waals surface area contributed by atoms with Gasteiger partial charge in [-0.25, -0.2) is 4.79 Å². The number of amides is 1. The fourth-order valence-corrected chi connectivity index (χ4v) is 8.29. The van der Waals surface area contributed by atoms with E-state index in [1.807, 2.05) is 0 Å². The van der Waals surface area contributed by atoms with Crippen LogP contribution in [0, 0.1) is 38.7 Å². The van der Waals surface area contributed by atoms with Gasteiger partial charge in [-0.2, -0.15) is 0 Å². The number of nitrogens with one attached hydrogen (secondary N) is 1. The number of nitrogens with zero attached hydrogens (tertiary/aromatic N) is 2. The van der Waals surface area contributed by atoms with Gasteiger partial charge in [0.2, 0.25) is 0 Å². The lowest BCUT2D eigenvalue weighted by Gasteiger charge is -2.57. The van der Waals surface area contributed by atoms with Crippen LogP contribution >= 0.6 is 0 Å². The summed E-state index contributed by atoms with van der Waals surface area (Å²) in [5.41, 5.74) is 1.93. The van der Waals surface area contributed by atoms with Gasteiger partial charge in [0.1, 0.15) is 6.10 Å². The highest BCUT2D eigenvalue weighted by atomic mass is 16.6. The van der Waals surface area contributed by atoms with Gasteiger partial charge in [0, 0.05) is 12.1 Å². The van der Waals surface area contributed by atoms with Crippen LogP contribution in [0.3, 0.4) is 0 Å². The molecule has 3 saturated carbocycles. The third-order valence-corrected chi connectivity index (χ3v) is 10.6. The van der Waals surface area contributed by atoms with Crippen LogP contribution in [-0.4, -0.2) is 56.6 Å². The van der Waals surface area contributed by atoms with Gasteiger partial charge in [-0.1, -0.05) is 36.7 Å². The predicted molar refractivity (Wildman–Crippen MR) is 149 cm³/mol. The first kappa shape index (κ1) is 29.2. The monoisotopic (exact) mass is 569 g/mol. The molecule has 0 radical (unpaired) electrons. The van der Waals surface area contributed by atoms with Gasteiger partial charge in [0.15, 0.2) is 12.6 Å². The summed E-state index contributed by atoms with van der Waals surface area (Å²) in [6.07, 6.45) is 8.16. The number of aliphatic hydroxyl groups is 2. The van der Waals surface area contributed by atoms with Crippen LogP contribution in [-0.2, 0) is 14.4 Å². The number of nitro groups is 1. The Morgan fingerprint density at radius 1 is 1.17 bits per heavy atom. The number of aliphatic carboxylic acids is 1. The second-order valence-electron chi connectivity index (χ2n) is 12.7. The van der Waals surface area contributed by atoms with Crippen molar-refractivity contribution in [2.75, 3.05) is 6.61 Å². The predicted octanol–water partition coefficient (Wildman–Crippen LogP) is 3.89. The topological polar surface area (TPSA) is 172 Å². The number of benzene rings is 1. The van der Waals surface area contributed by atoms with E-state index in [1.165, 1.54) is 23.8 Å². The maximum Gasteiger partial charge on any atom is 0.329 e. The molecule has 0 aliphatic heterocycles. The summed E-state index contributed by atoms with van der Waals surface area (Å²) in [5, 5.41) is 48.2. The number of aliphatic hydroxyl groups excluding tert-OH is 2. The van der Waals surface area contributed by atoms with Crippen molar-refractivity contribution in [3.63, 3.8) is 0 Å². The van der Waals surface area contributed by atoms with E-state index in [1.54, 1.807) is 0 Å². The fraction of sp³-hybridized carbons (Fsp3) is 0.633. The molecule has 0 saturated heterocycles. The van der Waals surface area contributed by atoms with Crippen molar-refractivity contribution < 1.29 is 34.7 Å². The number of non-ortho nitro benzene ring substituents is 1. The molecule has 41 heavy (non-hydrogen) atoms. The molecule has 1 aromatic rings. The first-order valence-electron chi connectivity index (χ1n) is 14.5. The highest BCUT2D eigenvalue weighted by molar-refractivity contribution is 5.96. The van der Waals surface area contributed by atoms with Gasteiger partial charge in [-0.3, -0.25) is 14.9 Å². The molecule has 5 rings (SSSR count). The van der Waals surface area contributed by atoms with Crippen molar-refractivity contribution >= 4 is 23.3 Å². The van der Waals surface area contributed by atoms with Crippen molar-refractivity contribution in [1.82, 2.24) is 5.32 Å². The second-order valence-corrected chi connectivity index (χ2v) is 12.7. The number of hydrogen-bond acceptors (Lipinski definition) is 8. The van der Waals surface area contributed by atoms with Crippen LogP contribution in [0.5, 0.6) is 0 Å². The van der Waals surface area contributed by atoms with Gasteiger partial charge in [-0.05, 0) is 91.6 Å². The number of fused-ring (bicyclic) bond motifs is 5. The normalized spacial score (nSPS) is 34.8. The van der Waals surface area contributed by atoms with Crippen LogP contribution in [0.4, 0.5) is 5.69 Å². The Kier molecular flexibility index (Phi) is 7.95. The van der Waals surface area contributed by atoms with Crippen LogP contribution in [0.15, 0.2) is 41.1 Å². The van der Waals surface area contributed by atoms with Crippen molar-refractivity contribution in [1.29, 1.82) is 0 Å². The van der Waals surface area contributed by atoms with E-state index >= 15 is 0 Å². The number of carbonyl (C=O) groups is 2. The second kappa shape index (κ2) is 11.2. The first-order chi connectivity index (χ1) is 19.4. The quantitative estimate of drug-likeness (QED) is 0.270. The van der Waals surface area contributed by atoms with E-state index in [9.17, 15) is 35.0 Å². The molecule has 1 amide bonds. The summed E-state index contributed by atoms with van der Waals surface area (Å²) in [7, 11) is 0. The highest BCUT2D eigenvalue weighted by Gasteiger charge is 2.58. The molecule has 0 unspecified atom stereocenters. The third-order valence-electron chi connectivity index (χ3n) is 10.6. The number of carboxylic acids is 1. The summed E-state index contributed by atoms with van der Waals surface area (Å²) in [6, 6.07) is 3.24. The van der Waals surface area contributed by atoms with E-state index in [0.717, 1.165) is 56.7 Å². The summed E-state index contributed by atoms with van der Waals surface area (Å²) in [5.74, 6) is -0.484. The van der Waals surface area contributed by atoms with E-state index in [2.05, 4.69) is 30.4 Å². The zero-order valence-corrected chi connectivity index (χ0v) is 23.5. The average Bonchev–Trinajstić information content (AvgIpc) is 3.25. The molecule has 4 aliphatic rings. The standard InChI is InChI=1S/C30H39N3O8/c1-29-12-10-19(15-18(29)6-7-21-22-8-9-24(34)30(22,2)13-11-23(21)29)32-41-16-25(35)31-26(28(37)38)27(36)17-4-3-5-20(14-17)33(39)40/h3-5,14-15,21-24,26-27,34,36H,6-13,16H2,1-2H3,(H,31,35)(H,37,38)/b32-19-/t21-,22-,23-,24+,26+,27+,29-,30-/m0/s1. The lowest BCUT2D eigenvalue weighted by Crippen LogP contribution is -2.51. The van der Waals surface area contributed by atoms with E-state index < -0.39 is 35.6 Å². The molecular formula is C30H39N3O8. The molecule has 11 nitrogen and oxygen atoms in total. The van der Waals surface area contributed by atoms with Crippen molar-refractivity contribution in [3.05, 3.63) is 51.6 Å². The van der Waals surface area contributed by atoms with E-state index in [4.69, 9.17) is 4.84 Å². The molecule has 1 aromatic carbocycles. The van der Waals surface area contributed by atoms with E-state index in [-0.39, 0.29) is 28.2 Å². The molecule has 0 aromatic heterocycles. The Bertz CT molecular complexity index is 1280. The Hall–Kier alpha value is -3.31. The van der Waals surface area contributed by atoms with Crippen molar-refractivity contribution in [2.24, 2.45) is 33.7 Å². The Morgan fingerprint density at radius 3 is 2.68 bits per heavy atom. The summed E-state index contributed by atoms with van der Waals surface area (Å²) in [4.78, 5) is 39.9. The maximum atomic E-state index is 12.5. The van der Waals surface area contributed by atoms with Gasteiger partial charge in [-0.15, -0.1) is 0 Å². The Balaban J connectivity index is 1.19. The van der Waals surface area contributed by atoms with Crippen LogP contribution < -0.4 is 5.32 Å². The summed E-state index contributed by atoms with van der Waals surface area (Å²) >= 11 is 0. The minimum absolute atomic E-state index is 0.00800. The van der Waals surface area contributed by atoms with Gasteiger partial charge in [0.05, 0.1) is 16.7 Å². The average molecular weight is 570 g/mol. The number of rotatable bonds is 8. The third kappa shape index (κ3) is 5.37. The van der Waals surface area contributed by atoms with Crippen LogP contribution in [0.25, 0.3) is 0 Å². The molecule has 3 fully saturated rings. The fourth-order valence-electron chi connectivity index (χ4n) is 8.29. The highest BCUT2D eigenvalue weighted by Crippen LogP contribution is 2.65. The van der Waals surface area contributed by atoms with Crippen molar-refractivity contribution in [3.8, 4) is 0 Å². The van der Waals surface area contributed by atoms with Crippen LogP contribution in [0.2, 0.25) is 0 Å². The minimum Gasteiger partial charge on any atom is -0.480 e. The summed E-state index contributed by atoms with van der Waals surface area (Å²) in [6.45, 7) is 4.11. The molecule has 11 heteroatoms. The SMILES string of the molecule is C[C@]12CC[C@H]3[C@@H](CCC4=C/C(=N\OCC(=O)N[C@@H](C(=O)O)[C@H](O)c5cccc([N+](=O)[O-])c5)CC[C@@]43C)[C@@H]1CC[C@H]2O. The number of carbonyl (C=O) groups excluding carboxylic acids is 1. The molecule has 222 valence electrons. The summed E-state index contributed by atoms with van der Waals surface area (Å²) < 4.78 is 0. The molecule has 4 aliphatic carbocycles. The molecule has 0 heterocycles. The van der Waals surface area contributed by atoms with Crippen molar-refractivity contribution in [2.45, 2.75) is 83.5 Å². The van der Waals surface area contributed by atoms with Gasteiger partial charge in [0.25, 0.3) is 11.6 Å². The van der Waals surface area contributed by atoms with Crippen LogP contribution in [0.1, 0.15) is 76.9 Å². The Morgan fingerprint density at radius 2 is 1.95 bits per heavy atom. The number of nitro benzene ring substituents is 1. The molecule has 4 N–H and O–H groups in total. The molecular weight excluding hydrogens is 530 g/mol. The largest absolute Gasteiger partial charge is 0.480 e. The Labute approximate surface area is 238 Å². The smallest absolute Gasteiger partial charge is 0.329 e. The lowest BCUT2D eigenvalue weighted by molar-refractivity contribution is -0.385. The number of allylic oxidation sites excluding steroid dienone is 2. The van der Waals surface area contributed by atoms with Gasteiger partial charge < -0.3 is 25.5 Å². The number of carboxylic acid groups (broad SMARTS) is 1. The molecule has 0 bridgehead atoms. The first-order valence-corrected chi connectivity index (χ1v) is 14.5. The maximum absolute atomic E-state index is 12.5. The number of oxime groups is 1. The lowest BCUT2D eigenvalue weighted by atomic mass is 9.47. The molecule has 0 spiro atoms. The zero-order valence-electron chi connectivity index (χ0n) is 23.5. The zero-order chi connectivity index (χ0) is 29.5.